The molecule has 0 aromatic heterocycles. The van der Waals surface area contributed by atoms with Gasteiger partial charge in [-0.2, -0.15) is 0 Å². The Labute approximate surface area is 178 Å². The zero-order chi connectivity index (χ0) is 21.6. The predicted octanol–water partition coefficient (Wildman–Crippen LogP) is 4.97. The molecule has 0 saturated carbocycles. The largest absolute Gasteiger partial charge is 0.345 e. The molecule has 30 heavy (non-hydrogen) atoms. The van der Waals surface area contributed by atoms with Gasteiger partial charge in [0.1, 0.15) is 0 Å². The van der Waals surface area contributed by atoms with Crippen molar-refractivity contribution in [3.05, 3.63) is 102 Å². The number of hydrogen-bond acceptors (Lipinski definition) is 3. The molecule has 0 fully saturated rings. The topological polar surface area (TPSA) is 63.2 Å². The van der Waals surface area contributed by atoms with Crippen LogP contribution in [0, 0.1) is 0 Å². The summed E-state index contributed by atoms with van der Waals surface area (Å²) in [4.78, 5) is 13.1. The standard InChI is InChI=1S/C25H27NO3S/c1-19(2)30(28,29)23-16-14-22(15-17-23)25(27)26-24(21-11-7-4-8-12-21)18-13-20-9-5-3-6-10-20/h3-12,14-17,19,24H,13,18H2,1-2H3,(H,26,27). The number of amides is 1. The van der Waals surface area contributed by atoms with Gasteiger partial charge in [0, 0.05) is 5.56 Å². The third kappa shape index (κ3) is 5.36. The van der Waals surface area contributed by atoms with Gasteiger partial charge in [-0.3, -0.25) is 4.79 Å². The maximum absolute atomic E-state index is 12.9. The van der Waals surface area contributed by atoms with E-state index in [1.165, 1.54) is 17.7 Å². The first kappa shape index (κ1) is 21.8. The summed E-state index contributed by atoms with van der Waals surface area (Å²) in [5.41, 5.74) is 2.70. The van der Waals surface area contributed by atoms with Gasteiger partial charge in [-0.05, 0) is 62.1 Å². The van der Waals surface area contributed by atoms with Crippen LogP contribution in [-0.4, -0.2) is 19.6 Å². The van der Waals surface area contributed by atoms with Crippen molar-refractivity contribution >= 4 is 15.7 Å². The van der Waals surface area contributed by atoms with E-state index in [1.807, 2.05) is 48.5 Å². The Bertz CT molecular complexity index is 1060. The van der Waals surface area contributed by atoms with Gasteiger partial charge in [0.05, 0.1) is 16.2 Å². The van der Waals surface area contributed by atoms with Crippen molar-refractivity contribution in [2.45, 2.75) is 42.9 Å². The minimum absolute atomic E-state index is 0.141. The summed E-state index contributed by atoms with van der Waals surface area (Å²) < 4.78 is 24.6. The lowest BCUT2D eigenvalue weighted by molar-refractivity contribution is 0.0934. The highest BCUT2D eigenvalue weighted by Crippen LogP contribution is 2.21. The van der Waals surface area contributed by atoms with Crippen molar-refractivity contribution in [3.8, 4) is 0 Å². The molecule has 0 spiro atoms. The van der Waals surface area contributed by atoms with Crippen molar-refractivity contribution in [1.82, 2.24) is 5.32 Å². The first-order valence-electron chi connectivity index (χ1n) is 10.1. The average molecular weight is 422 g/mol. The Morgan fingerprint density at radius 1 is 0.833 bits per heavy atom. The highest BCUT2D eigenvalue weighted by atomic mass is 32.2. The normalized spacial score (nSPS) is 12.5. The zero-order valence-electron chi connectivity index (χ0n) is 17.3. The molecule has 1 unspecified atom stereocenters. The van der Waals surface area contributed by atoms with E-state index in [-0.39, 0.29) is 16.8 Å². The van der Waals surface area contributed by atoms with Crippen molar-refractivity contribution < 1.29 is 13.2 Å². The van der Waals surface area contributed by atoms with Gasteiger partial charge in [0.25, 0.3) is 5.91 Å². The number of rotatable bonds is 8. The van der Waals surface area contributed by atoms with Gasteiger partial charge in [-0.15, -0.1) is 0 Å². The van der Waals surface area contributed by atoms with Crippen LogP contribution in [0.5, 0.6) is 0 Å². The molecule has 0 heterocycles. The number of carbonyl (C=O) groups excluding carboxylic acids is 1. The van der Waals surface area contributed by atoms with Crippen molar-refractivity contribution in [1.29, 1.82) is 0 Å². The molecule has 3 aromatic rings. The van der Waals surface area contributed by atoms with Crippen LogP contribution in [0.25, 0.3) is 0 Å². The van der Waals surface area contributed by atoms with Crippen LogP contribution in [0.2, 0.25) is 0 Å². The Hall–Kier alpha value is -2.92. The highest BCUT2D eigenvalue weighted by Gasteiger charge is 2.20. The lowest BCUT2D eigenvalue weighted by Gasteiger charge is -2.20. The van der Waals surface area contributed by atoms with Crippen molar-refractivity contribution in [3.63, 3.8) is 0 Å². The molecule has 0 saturated heterocycles. The van der Waals surface area contributed by atoms with E-state index >= 15 is 0 Å². The van der Waals surface area contributed by atoms with Crippen molar-refractivity contribution in [2.24, 2.45) is 0 Å². The molecule has 0 radical (unpaired) electrons. The average Bonchev–Trinajstić information content (AvgIpc) is 2.77. The number of carbonyl (C=O) groups is 1. The molecule has 1 N–H and O–H groups in total. The summed E-state index contributed by atoms with van der Waals surface area (Å²) in [6.45, 7) is 3.29. The number of sulfone groups is 1. The summed E-state index contributed by atoms with van der Waals surface area (Å²) in [5.74, 6) is -0.217. The van der Waals surface area contributed by atoms with Crippen LogP contribution in [0.3, 0.4) is 0 Å². The molecule has 0 aliphatic rings. The fraction of sp³-hybridized carbons (Fsp3) is 0.240. The molecular weight excluding hydrogens is 394 g/mol. The Morgan fingerprint density at radius 2 is 1.40 bits per heavy atom. The van der Waals surface area contributed by atoms with Crippen molar-refractivity contribution in [2.75, 3.05) is 0 Å². The SMILES string of the molecule is CC(C)S(=O)(=O)c1ccc(C(=O)NC(CCc2ccccc2)c2ccccc2)cc1. The second-order valence-electron chi connectivity index (χ2n) is 7.58. The minimum Gasteiger partial charge on any atom is -0.345 e. The highest BCUT2D eigenvalue weighted by molar-refractivity contribution is 7.92. The van der Waals surface area contributed by atoms with Crippen LogP contribution in [0.1, 0.15) is 47.8 Å². The first-order chi connectivity index (χ1) is 14.4. The van der Waals surface area contributed by atoms with Gasteiger partial charge < -0.3 is 5.32 Å². The second kappa shape index (κ2) is 9.72. The minimum atomic E-state index is -3.36. The zero-order valence-corrected chi connectivity index (χ0v) is 18.1. The van der Waals surface area contributed by atoms with E-state index in [0.717, 1.165) is 18.4 Å². The Balaban J connectivity index is 1.76. The maximum atomic E-state index is 12.9. The van der Waals surface area contributed by atoms with Gasteiger partial charge >= 0.3 is 0 Å². The van der Waals surface area contributed by atoms with Gasteiger partial charge in [-0.25, -0.2) is 8.42 Å². The molecule has 0 bridgehead atoms. The molecule has 1 amide bonds. The van der Waals surface area contributed by atoms with E-state index in [4.69, 9.17) is 0 Å². The summed E-state index contributed by atoms with van der Waals surface area (Å²) in [6.07, 6.45) is 1.60. The predicted molar refractivity (Wildman–Crippen MR) is 120 cm³/mol. The summed E-state index contributed by atoms with van der Waals surface area (Å²) in [7, 11) is -3.36. The maximum Gasteiger partial charge on any atom is 0.251 e. The molecule has 0 aliphatic heterocycles. The molecule has 5 heteroatoms. The fourth-order valence-corrected chi connectivity index (χ4v) is 4.33. The molecule has 3 rings (SSSR count). The smallest absolute Gasteiger partial charge is 0.251 e. The van der Waals surface area contributed by atoms with Crippen LogP contribution in [-0.2, 0) is 16.3 Å². The van der Waals surface area contributed by atoms with Gasteiger partial charge in [0.2, 0.25) is 0 Å². The summed E-state index contributed by atoms with van der Waals surface area (Å²) in [5, 5.41) is 2.61. The van der Waals surface area contributed by atoms with Crippen LogP contribution in [0.4, 0.5) is 0 Å². The molecule has 4 nitrogen and oxygen atoms in total. The van der Waals surface area contributed by atoms with Gasteiger partial charge in [-0.1, -0.05) is 60.7 Å². The number of aryl methyl sites for hydroxylation is 1. The number of hydrogen-bond donors (Lipinski definition) is 1. The Morgan fingerprint density at radius 3 is 1.97 bits per heavy atom. The molecule has 156 valence electrons. The molecular formula is C25H27NO3S. The Kier molecular flexibility index (Phi) is 7.06. The van der Waals surface area contributed by atoms with E-state index in [1.54, 1.807) is 26.0 Å². The third-order valence-corrected chi connectivity index (χ3v) is 7.31. The first-order valence-corrected chi connectivity index (χ1v) is 11.7. The number of nitrogens with one attached hydrogen (secondary N) is 1. The number of benzene rings is 3. The third-order valence-electron chi connectivity index (χ3n) is 5.14. The monoisotopic (exact) mass is 421 g/mol. The van der Waals surface area contributed by atoms with Crippen LogP contribution >= 0.6 is 0 Å². The van der Waals surface area contributed by atoms with E-state index in [0.29, 0.717) is 5.56 Å². The quantitative estimate of drug-likeness (QED) is 0.558. The lowest BCUT2D eigenvalue weighted by atomic mass is 9.98. The summed E-state index contributed by atoms with van der Waals surface area (Å²) >= 11 is 0. The van der Waals surface area contributed by atoms with Gasteiger partial charge in [0.15, 0.2) is 9.84 Å². The second-order valence-corrected chi connectivity index (χ2v) is 10.1. The summed E-state index contributed by atoms with van der Waals surface area (Å²) in [6, 6.07) is 26.1. The molecule has 3 aromatic carbocycles. The van der Waals surface area contributed by atoms with E-state index < -0.39 is 15.1 Å². The fourth-order valence-electron chi connectivity index (χ4n) is 3.27. The molecule has 0 aliphatic carbocycles. The molecule has 1 atom stereocenters. The van der Waals surface area contributed by atoms with Crippen LogP contribution in [0.15, 0.2) is 89.8 Å². The van der Waals surface area contributed by atoms with E-state index in [9.17, 15) is 13.2 Å². The van der Waals surface area contributed by atoms with E-state index in [2.05, 4.69) is 17.4 Å². The lowest BCUT2D eigenvalue weighted by Crippen LogP contribution is -2.29. The van der Waals surface area contributed by atoms with Crippen LogP contribution < -0.4 is 5.32 Å².